The van der Waals surface area contributed by atoms with Gasteiger partial charge in [0.2, 0.25) is 0 Å². The van der Waals surface area contributed by atoms with Crippen molar-refractivity contribution in [2.45, 2.75) is 13.5 Å². The molecule has 6 heteroatoms. The molecule has 0 bridgehead atoms. The molecule has 1 aromatic carbocycles. The topological polar surface area (TPSA) is 59.5 Å². The molecule has 1 N–H and O–H groups in total. The number of carbonyl (C=O) groups excluding carboxylic acids is 1. The maximum Gasteiger partial charge on any atom is 0.287 e. The Morgan fingerprint density at radius 2 is 2.08 bits per heavy atom. The predicted octanol–water partition coefficient (Wildman–Crippen LogP) is 3.97. The summed E-state index contributed by atoms with van der Waals surface area (Å²) in [7, 11) is 0. The molecule has 1 amide bonds. The largest absolute Gasteiger partial charge is 0.451 e. The van der Waals surface area contributed by atoms with E-state index in [1.165, 1.54) is 0 Å². The fourth-order valence-electron chi connectivity index (χ4n) is 2.74. The number of halogens is 1. The third kappa shape index (κ3) is 2.53. The standard InChI is InChI=1S/C18H14ClN3O2/c1-11-14-4-2-3-5-15(14)24-17(11)18(23)20-8-13-10-22-9-12(19)6-7-16(22)21-13/h2-7,9-10H,8H2,1H3,(H,20,23). The summed E-state index contributed by atoms with van der Waals surface area (Å²) in [5.41, 5.74) is 3.08. The zero-order valence-electron chi connectivity index (χ0n) is 12.9. The summed E-state index contributed by atoms with van der Waals surface area (Å²) in [6.07, 6.45) is 3.62. The van der Waals surface area contributed by atoms with E-state index in [0.29, 0.717) is 22.9 Å². The number of nitrogens with one attached hydrogen (secondary N) is 1. The number of carbonyl (C=O) groups is 1. The van der Waals surface area contributed by atoms with Crippen molar-refractivity contribution >= 4 is 34.1 Å². The maximum atomic E-state index is 12.4. The minimum Gasteiger partial charge on any atom is -0.451 e. The molecule has 3 aromatic heterocycles. The number of para-hydroxylation sites is 1. The molecule has 0 saturated carbocycles. The number of aromatic nitrogens is 2. The van der Waals surface area contributed by atoms with Gasteiger partial charge in [-0.2, -0.15) is 0 Å². The number of hydrogen-bond acceptors (Lipinski definition) is 3. The van der Waals surface area contributed by atoms with Gasteiger partial charge in [-0.3, -0.25) is 4.79 Å². The maximum absolute atomic E-state index is 12.4. The van der Waals surface area contributed by atoms with Crippen LogP contribution in [-0.2, 0) is 6.54 Å². The highest BCUT2D eigenvalue weighted by molar-refractivity contribution is 6.30. The molecular formula is C18H14ClN3O2. The minimum absolute atomic E-state index is 0.251. The van der Waals surface area contributed by atoms with Crippen molar-refractivity contribution in [3.63, 3.8) is 0 Å². The Kier molecular flexibility index (Phi) is 3.50. The molecule has 0 radical (unpaired) electrons. The molecule has 0 saturated heterocycles. The average Bonchev–Trinajstić information content (AvgIpc) is 3.13. The molecule has 0 unspecified atom stereocenters. The van der Waals surface area contributed by atoms with Crippen LogP contribution in [0.25, 0.3) is 16.6 Å². The van der Waals surface area contributed by atoms with Gasteiger partial charge in [-0.25, -0.2) is 4.98 Å². The molecule has 0 aliphatic heterocycles. The number of fused-ring (bicyclic) bond motifs is 2. The minimum atomic E-state index is -0.251. The average molecular weight is 340 g/mol. The lowest BCUT2D eigenvalue weighted by Gasteiger charge is -2.01. The number of nitrogens with zero attached hydrogens (tertiary/aromatic N) is 2. The van der Waals surface area contributed by atoms with Crippen LogP contribution >= 0.6 is 11.6 Å². The van der Waals surface area contributed by atoms with E-state index >= 15 is 0 Å². The van der Waals surface area contributed by atoms with Crippen molar-refractivity contribution in [3.8, 4) is 0 Å². The predicted molar refractivity (Wildman–Crippen MR) is 92.3 cm³/mol. The summed E-state index contributed by atoms with van der Waals surface area (Å²) in [5, 5.41) is 4.43. The van der Waals surface area contributed by atoms with Gasteiger partial charge in [-0.15, -0.1) is 0 Å². The highest BCUT2D eigenvalue weighted by atomic mass is 35.5. The second-order valence-electron chi connectivity index (χ2n) is 5.58. The fraction of sp³-hybridized carbons (Fsp3) is 0.111. The number of benzene rings is 1. The number of aryl methyl sites for hydroxylation is 1. The molecule has 0 aliphatic rings. The van der Waals surface area contributed by atoms with E-state index in [0.717, 1.165) is 22.3 Å². The SMILES string of the molecule is Cc1c(C(=O)NCc2cn3cc(Cl)ccc3n2)oc2ccccc12. The van der Waals surface area contributed by atoms with Crippen LogP contribution in [0.2, 0.25) is 5.02 Å². The van der Waals surface area contributed by atoms with E-state index < -0.39 is 0 Å². The van der Waals surface area contributed by atoms with E-state index in [9.17, 15) is 4.79 Å². The number of furan rings is 1. The van der Waals surface area contributed by atoms with Crippen molar-refractivity contribution in [1.82, 2.24) is 14.7 Å². The van der Waals surface area contributed by atoms with Crippen LogP contribution in [-0.4, -0.2) is 15.3 Å². The summed E-state index contributed by atoms with van der Waals surface area (Å²) in [6, 6.07) is 11.2. The second kappa shape index (κ2) is 5.69. The molecule has 4 rings (SSSR count). The van der Waals surface area contributed by atoms with Crippen LogP contribution in [0.3, 0.4) is 0 Å². The second-order valence-corrected chi connectivity index (χ2v) is 6.02. The highest BCUT2D eigenvalue weighted by Gasteiger charge is 2.17. The van der Waals surface area contributed by atoms with Crippen LogP contribution in [0.1, 0.15) is 21.8 Å². The Hall–Kier alpha value is -2.79. The van der Waals surface area contributed by atoms with Gasteiger partial charge in [0.1, 0.15) is 11.2 Å². The Labute approximate surface area is 142 Å². The van der Waals surface area contributed by atoms with Crippen molar-refractivity contribution in [3.05, 3.63) is 70.8 Å². The monoisotopic (exact) mass is 339 g/mol. The number of pyridine rings is 1. The first-order valence-corrected chi connectivity index (χ1v) is 7.89. The molecule has 3 heterocycles. The van der Waals surface area contributed by atoms with Crippen LogP contribution in [0.15, 0.2) is 53.2 Å². The summed E-state index contributed by atoms with van der Waals surface area (Å²) in [6.45, 7) is 2.20. The van der Waals surface area contributed by atoms with Gasteiger partial charge >= 0.3 is 0 Å². The third-order valence-corrected chi connectivity index (χ3v) is 4.17. The number of amides is 1. The molecule has 4 aromatic rings. The van der Waals surface area contributed by atoms with Gasteiger partial charge in [0.05, 0.1) is 17.3 Å². The quantitative estimate of drug-likeness (QED) is 0.614. The molecule has 0 fully saturated rings. The summed E-state index contributed by atoms with van der Waals surface area (Å²) in [5.74, 6) is 0.0850. The van der Waals surface area contributed by atoms with Crippen molar-refractivity contribution in [2.24, 2.45) is 0 Å². The van der Waals surface area contributed by atoms with Gasteiger partial charge in [-0.05, 0) is 25.1 Å². The molecule has 0 aliphatic carbocycles. The number of rotatable bonds is 3. The first-order valence-electron chi connectivity index (χ1n) is 7.51. The van der Waals surface area contributed by atoms with Gasteiger partial charge < -0.3 is 14.1 Å². The van der Waals surface area contributed by atoms with E-state index in [2.05, 4.69) is 10.3 Å². The Balaban J connectivity index is 1.55. The van der Waals surface area contributed by atoms with Crippen molar-refractivity contribution < 1.29 is 9.21 Å². The van der Waals surface area contributed by atoms with Crippen LogP contribution < -0.4 is 5.32 Å². The summed E-state index contributed by atoms with van der Waals surface area (Å²) < 4.78 is 7.50. The Morgan fingerprint density at radius 3 is 2.92 bits per heavy atom. The van der Waals surface area contributed by atoms with E-state index in [-0.39, 0.29) is 5.91 Å². The molecule has 0 spiro atoms. The number of imidazole rings is 1. The van der Waals surface area contributed by atoms with Gasteiger partial charge in [0.25, 0.3) is 5.91 Å². The van der Waals surface area contributed by atoms with Crippen molar-refractivity contribution in [2.75, 3.05) is 0 Å². The van der Waals surface area contributed by atoms with E-state index in [1.807, 2.05) is 47.9 Å². The molecular weight excluding hydrogens is 326 g/mol. The van der Waals surface area contributed by atoms with E-state index in [4.69, 9.17) is 16.0 Å². The summed E-state index contributed by atoms with van der Waals surface area (Å²) >= 11 is 5.96. The lowest BCUT2D eigenvalue weighted by Crippen LogP contribution is -2.23. The van der Waals surface area contributed by atoms with E-state index in [1.54, 1.807) is 12.3 Å². The molecule has 24 heavy (non-hydrogen) atoms. The lowest BCUT2D eigenvalue weighted by molar-refractivity contribution is 0.0924. The van der Waals surface area contributed by atoms with Gasteiger partial charge in [0.15, 0.2) is 5.76 Å². The van der Waals surface area contributed by atoms with Crippen molar-refractivity contribution in [1.29, 1.82) is 0 Å². The number of hydrogen-bond donors (Lipinski definition) is 1. The zero-order chi connectivity index (χ0) is 16.7. The molecule has 120 valence electrons. The van der Waals surface area contributed by atoms with Gasteiger partial charge in [-0.1, -0.05) is 29.8 Å². The fourth-order valence-corrected chi connectivity index (χ4v) is 2.91. The summed E-state index contributed by atoms with van der Waals surface area (Å²) in [4.78, 5) is 16.9. The normalized spacial score (nSPS) is 11.2. The third-order valence-electron chi connectivity index (χ3n) is 3.94. The lowest BCUT2D eigenvalue weighted by atomic mass is 10.1. The first-order chi connectivity index (χ1) is 11.6. The highest BCUT2D eigenvalue weighted by Crippen LogP contribution is 2.24. The Morgan fingerprint density at radius 1 is 1.25 bits per heavy atom. The van der Waals surface area contributed by atoms with Crippen LogP contribution in [0.4, 0.5) is 0 Å². The smallest absolute Gasteiger partial charge is 0.287 e. The van der Waals surface area contributed by atoms with Crippen LogP contribution in [0.5, 0.6) is 0 Å². The van der Waals surface area contributed by atoms with Crippen LogP contribution in [0, 0.1) is 6.92 Å². The Bertz CT molecular complexity index is 1060. The molecule has 5 nitrogen and oxygen atoms in total. The molecule has 0 atom stereocenters. The van der Waals surface area contributed by atoms with Gasteiger partial charge in [0, 0.05) is 23.3 Å². The zero-order valence-corrected chi connectivity index (χ0v) is 13.7. The first kappa shape index (κ1) is 14.8.